The van der Waals surface area contributed by atoms with Gasteiger partial charge in [0, 0.05) is 25.7 Å². The Morgan fingerprint density at radius 3 is 2.15 bits per heavy atom. The maximum atomic E-state index is 12.2. The lowest BCUT2D eigenvalue weighted by atomic mass is 10.1. The fourth-order valence-electron chi connectivity index (χ4n) is 2.28. The smallest absolute Gasteiger partial charge is 0.323 e. The summed E-state index contributed by atoms with van der Waals surface area (Å²) in [5, 5.41) is 17.5. The molecule has 0 aliphatic carbocycles. The topological polar surface area (TPSA) is 101 Å². The van der Waals surface area contributed by atoms with Crippen molar-refractivity contribution in [1.29, 1.82) is 0 Å². The Morgan fingerprint density at radius 2 is 1.70 bits per heavy atom. The first-order valence-corrected chi connectivity index (χ1v) is 6.52. The SMILES string of the molecule is CCC1CN(C(=O)N(CC(=O)O)CC(=O)O)CCN1C. The summed E-state index contributed by atoms with van der Waals surface area (Å²) < 4.78 is 0. The molecule has 114 valence electrons. The number of amides is 2. The number of rotatable bonds is 5. The number of carbonyl (C=O) groups excluding carboxylic acids is 1. The van der Waals surface area contributed by atoms with Crippen LogP contribution in [0.1, 0.15) is 13.3 Å². The minimum atomic E-state index is -1.22. The molecule has 0 aromatic rings. The second-order valence-corrected chi connectivity index (χ2v) is 4.91. The van der Waals surface area contributed by atoms with Crippen molar-refractivity contribution in [1.82, 2.24) is 14.7 Å². The summed E-state index contributed by atoms with van der Waals surface area (Å²) in [6, 6.07) is -0.314. The van der Waals surface area contributed by atoms with Crippen LogP contribution in [-0.4, -0.2) is 88.7 Å². The van der Waals surface area contributed by atoms with E-state index < -0.39 is 31.1 Å². The maximum absolute atomic E-state index is 12.2. The Labute approximate surface area is 117 Å². The van der Waals surface area contributed by atoms with Gasteiger partial charge in [-0.1, -0.05) is 6.92 Å². The second-order valence-electron chi connectivity index (χ2n) is 4.91. The van der Waals surface area contributed by atoms with Gasteiger partial charge in [-0.3, -0.25) is 14.5 Å². The fraction of sp³-hybridized carbons (Fsp3) is 0.750. The molecular weight excluding hydrogens is 266 g/mol. The molecule has 8 heteroatoms. The van der Waals surface area contributed by atoms with E-state index in [1.165, 1.54) is 4.90 Å². The van der Waals surface area contributed by atoms with Gasteiger partial charge in [0.15, 0.2) is 0 Å². The van der Waals surface area contributed by atoms with Crippen molar-refractivity contribution < 1.29 is 24.6 Å². The van der Waals surface area contributed by atoms with E-state index in [4.69, 9.17) is 10.2 Å². The van der Waals surface area contributed by atoms with Crippen LogP contribution in [0.4, 0.5) is 4.79 Å². The third-order valence-electron chi connectivity index (χ3n) is 3.44. The zero-order chi connectivity index (χ0) is 15.3. The van der Waals surface area contributed by atoms with Crippen LogP contribution in [0.15, 0.2) is 0 Å². The first-order chi connectivity index (χ1) is 9.35. The summed E-state index contributed by atoms with van der Waals surface area (Å²) in [4.78, 5) is 38.2. The van der Waals surface area contributed by atoms with Gasteiger partial charge < -0.3 is 20.0 Å². The van der Waals surface area contributed by atoms with Crippen LogP contribution in [0.5, 0.6) is 0 Å². The molecule has 20 heavy (non-hydrogen) atoms. The standard InChI is InChI=1S/C12H21N3O5/c1-3-9-6-14(5-4-13(9)2)12(20)15(7-10(16)17)8-11(18)19/h9H,3-8H2,1-2H3,(H,16,17)(H,18,19). The lowest BCUT2D eigenvalue weighted by molar-refractivity contribution is -0.140. The molecule has 1 rings (SSSR count). The van der Waals surface area contributed by atoms with Gasteiger partial charge in [0.1, 0.15) is 13.1 Å². The number of urea groups is 1. The third kappa shape index (κ3) is 4.37. The van der Waals surface area contributed by atoms with E-state index in [9.17, 15) is 14.4 Å². The van der Waals surface area contributed by atoms with Crippen LogP contribution in [0.2, 0.25) is 0 Å². The molecule has 0 radical (unpaired) electrons. The highest BCUT2D eigenvalue weighted by Crippen LogP contribution is 2.12. The van der Waals surface area contributed by atoms with Gasteiger partial charge >= 0.3 is 18.0 Å². The number of hydrogen-bond donors (Lipinski definition) is 2. The molecule has 1 saturated heterocycles. The van der Waals surface area contributed by atoms with Crippen molar-refractivity contribution in [3.8, 4) is 0 Å². The van der Waals surface area contributed by atoms with Crippen LogP contribution >= 0.6 is 0 Å². The van der Waals surface area contributed by atoms with E-state index >= 15 is 0 Å². The maximum Gasteiger partial charge on any atom is 0.323 e. The van der Waals surface area contributed by atoms with Gasteiger partial charge in [0.25, 0.3) is 0 Å². The summed E-state index contributed by atoms with van der Waals surface area (Å²) in [6.07, 6.45) is 0.873. The monoisotopic (exact) mass is 287 g/mol. The van der Waals surface area contributed by atoms with Gasteiger partial charge in [0.05, 0.1) is 0 Å². The van der Waals surface area contributed by atoms with E-state index in [-0.39, 0.29) is 6.04 Å². The van der Waals surface area contributed by atoms with Crippen LogP contribution in [-0.2, 0) is 9.59 Å². The number of aliphatic carboxylic acids is 2. The Hall–Kier alpha value is -1.83. The number of hydrogen-bond acceptors (Lipinski definition) is 4. The van der Waals surface area contributed by atoms with Crippen molar-refractivity contribution in [3.63, 3.8) is 0 Å². The summed E-state index contributed by atoms with van der Waals surface area (Å²) in [7, 11) is 1.97. The minimum Gasteiger partial charge on any atom is -0.480 e. The van der Waals surface area contributed by atoms with Gasteiger partial charge in [0.2, 0.25) is 0 Å². The van der Waals surface area contributed by atoms with E-state index in [2.05, 4.69) is 4.90 Å². The minimum absolute atomic E-state index is 0.212. The average molecular weight is 287 g/mol. The molecule has 1 atom stereocenters. The summed E-state index contributed by atoms with van der Waals surface area (Å²) in [5.41, 5.74) is 0. The lowest BCUT2D eigenvalue weighted by Gasteiger charge is -2.40. The van der Waals surface area contributed by atoms with Gasteiger partial charge in [-0.2, -0.15) is 0 Å². The van der Waals surface area contributed by atoms with Gasteiger partial charge in [-0.25, -0.2) is 4.79 Å². The second kappa shape index (κ2) is 7.09. The van der Waals surface area contributed by atoms with Crippen LogP contribution in [0.3, 0.4) is 0 Å². The summed E-state index contributed by atoms with van der Waals surface area (Å²) in [6.45, 7) is 2.46. The van der Waals surface area contributed by atoms with Crippen LogP contribution < -0.4 is 0 Å². The molecule has 1 fully saturated rings. The average Bonchev–Trinajstić information content (AvgIpc) is 2.36. The molecule has 0 spiro atoms. The summed E-state index contributed by atoms with van der Waals surface area (Å²) in [5.74, 6) is -2.44. The largest absolute Gasteiger partial charge is 0.480 e. The highest BCUT2D eigenvalue weighted by Gasteiger charge is 2.30. The quantitative estimate of drug-likeness (QED) is 0.713. The molecule has 0 saturated carbocycles. The molecule has 0 bridgehead atoms. The highest BCUT2D eigenvalue weighted by molar-refractivity contribution is 5.84. The molecule has 0 aromatic heterocycles. The Balaban J connectivity index is 2.73. The lowest BCUT2D eigenvalue weighted by Crippen LogP contribution is -2.57. The van der Waals surface area contributed by atoms with Gasteiger partial charge in [-0.15, -0.1) is 0 Å². The van der Waals surface area contributed by atoms with E-state index in [1.54, 1.807) is 0 Å². The molecular formula is C12H21N3O5. The molecule has 1 aliphatic rings. The molecule has 1 unspecified atom stereocenters. The zero-order valence-corrected chi connectivity index (χ0v) is 11.8. The molecule has 2 N–H and O–H groups in total. The molecule has 8 nitrogen and oxygen atoms in total. The fourth-order valence-corrected chi connectivity index (χ4v) is 2.28. The summed E-state index contributed by atoms with van der Waals surface area (Å²) >= 11 is 0. The molecule has 1 heterocycles. The Bertz CT molecular complexity index is 371. The van der Waals surface area contributed by atoms with Crippen molar-refractivity contribution in [3.05, 3.63) is 0 Å². The number of piperazine rings is 1. The van der Waals surface area contributed by atoms with E-state index in [0.717, 1.165) is 11.3 Å². The van der Waals surface area contributed by atoms with Crippen molar-refractivity contribution in [2.75, 3.05) is 39.8 Å². The molecule has 0 aromatic carbocycles. The zero-order valence-electron chi connectivity index (χ0n) is 11.8. The molecule has 2 amide bonds. The van der Waals surface area contributed by atoms with Crippen molar-refractivity contribution >= 4 is 18.0 Å². The number of carbonyl (C=O) groups is 3. The van der Waals surface area contributed by atoms with Crippen molar-refractivity contribution in [2.45, 2.75) is 19.4 Å². The van der Waals surface area contributed by atoms with E-state index in [0.29, 0.717) is 19.6 Å². The Morgan fingerprint density at radius 1 is 1.15 bits per heavy atom. The third-order valence-corrected chi connectivity index (χ3v) is 3.44. The first-order valence-electron chi connectivity index (χ1n) is 6.52. The van der Waals surface area contributed by atoms with E-state index in [1.807, 2.05) is 14.0 Å². The Kier molecular flexibility index (Phi) is 5.75. The van der Waals surface area contributed by atoms with Gasteiger partial charge in [-0.05, 0) is 13.5 Å². The number of carboxylic acids is 2. The van der Waals surface area contributed by atoms with Crippen LogP contribution in [0, 0.1) is 0 Å². The number of nitrogens with zero attached hydrogens (tertiary/aromatic N) is 3. The first kappa shape index (κ1) is 16.2. The van der Waals surface area contributed by atoms with Crippen molar-refractivity contribution in [2.24, 2.45) is 0 Å². The number of carboxylic acid groups (broad SMARTS) is 2. The predicted molar refractivity (Wildman–Crippen MR) is 70.5 cm³/mol. The highest BCUT2D eigenvalue weighted by atomic mass is 16.4. The normalized spacial score (nSPS) is 19.7. The van der Waals surface area contributed by atoms with Crippen LogP contribution in [0.25, 0.3) is 0 Å². The number of likely N-dealkylation sites (N-methyl/N-ethyl adjacent to an activating group) is 1. The molecule has 1 aliphatic heterocycles. The predicted octanol–water partition coefficient (Wildman–Crippen LogP) is -0.396.